The van der Waals surface area contributed by atoms with Crippen LogP contribution in [0.3, 0.4) is 0 Å². The smallest absolute Gasteiger partial charge is 0.264 e. The summed E-state index contributed by atoms with van der Waals surface area (Å²) in [5.74, 6) is 1.41. The largest absolute Gasteiger partial charge is 0.493 e. The number of hydrogen-bond donors (Lipinski definition) is 3. The zero-order chi connectivity index (χ0) is 33.6. The second-order valence-electron chi connectivity index (χ2n) is 11.8. The maximum atomic E-state index is 13.9. The van der Waals surface area contributed by atoms with Gasteiger partial charge in [0.25, 0.3) is 17.7 Å². The minimum absolute atomic E-state index is 0.176. The maximum Gasteiger partial charge on any atom is 0.264 e. The van der Waals surface area contributed by atoms with Crippen LogP contribution in [0.15, 0.2) is 60.7 Å². The predicted molar refractivity (Wildman–Crippen MR) is 172 cm³/mol. The van der Waals surface area contributed by atoms with Crippen LogP contribution in [-0.4, -0.2) is 79.9 Å². The fourth-order valence-electron chi connectivity index (χ4n) is 5.46. The van der Waals surface area contributed by atoms with Crippen molar-refractivity contribution in [2.75, 3.05) is 40.5 Å². The first kappa shape index (κ1) is 33.4. The first-order valence-electron chi connectivity index (χ1n) is 15.6. The van der Waals surface area contributed by atoms with E-state index >= 15 is 0 Å². The van der Waals surface area contributed by atoms with Crippen LogP contribution in [0.4, 0.5) is 0 Å². The van der Waals surface area contributed by atoms with Crippen molar-refractivity contribution >= 4 is 17.7 Å². The van der Waals surface area contributed by atoms with Crippen LogP contribution in [0.25, 0.3) is 0 Å². The Morgan fingerprint density at radius 2 is 1.53 bits per heavy atom. The lowest BCUT2D eigenvalue weighted by Crippen LogP contribution is -2.59. The molecule has 0 aliphatic carbocycles. The number of amides is 3. The molecular weight excluding hydrogens is 606 g/mol. The van der Waals surface area contributed by atoms with Gasteiger partial charge in [-0.15, -0.1) is 0 Å². The second-order valence-corrected chi connectivity index (χ2v) is 11.8. The SMILES string of the molecule is COc1cc2ccc1Oc1ccc(cc1OC)C(=O)NCCOc1ccc(cc1)OC1(CCN(C(=O)C(O)C(C)C)CC1)C(=O)NC2. The molecule has 0 radical (unpaired) electrons. The van der Waals surface area contributed by atoms with Crippen molar-refractivity contribution in [2.24, 2.45) is 5.92 Å². The summed E-state index contributed by atoms with van der Waals surface area (Å²) >= 11 is 0. The monoisotopic (exact) mass is 647 g/mol. The minimum atomic E-state index is -1.27. The molecule has 3 aromatic carbocycles. The molecule has 1 atom stereocenters. The quantitative estimate of drug-likeness (QED) is 0.386. The number of methoxy groups -OCH3 is 2. The number of aliphatic hydroxyl groups is 1. The maximum absolute atomic E-state index is 13.9. The van der Waals surface area contributed by atoms with E-state index in [2.05, 4.69) is 10.6 Å². The molecule has 1 fully saturated rings. The number of piperidine rings is 1. The Kier molecular flexibility index (Phi) is 10.4. The normalized spacial score (nSPS) is 17.3. The molecule has 1 unspecified atom stereocenters. The molecule has 3 aromatic rings. The van der Waals surface area contributed by atoms with Gasteiger partial charge in [0.05, 0.1) is 20.8 Å². The number of rotatable bonds is 4. The fraction of sp³-hybridized carbons (Fsp3) is 0.400. The summed E-state index contributed by atoms with van der Waals surface area (Å²) in [6, 6.07) is 17.1. The third-order valence-electron chi connectivity index (χ3n) is 8.30. The molecular formula is C35H41N3O9. The standard InChI is InChI=1S/C35H41N3O9/c1-22(2)31(39)33(41)38-16-13-35(14-17-38)34(42)37-21-23-5-11-27(29(19-23)43-3)46-28-12-6-24(20-30(28)44-4)32(40)36-15-18-45-25-7-9-26(47-35)10-8-25/h5-12,19-20,22,31,39H,13-18,21H2,1-4H3,(H,36,40)(H,37,42). The highest BCUT2D eigenvalue weighted by Crippen LogP contribution is 2.38. The molecule has 3 N–H and O–H groups in total. The molecule has 12 nitrogen and oxygen atoms in total. The predicted octanol–water partition coefficient (Wildman–Crippen LogP) is 3.69. The van der Waals surface area contributed by atoms with Gasteiger partial charge in [-0.2, -0.15) is 0 Å². The number of ether oxygens (including phenoxy) is 5. The first-order valence-corrected chi connectivity index (χ1v) is 15.6. The number of hydrogen-bond acceptors (Lipinski definition) is 9. The summed E-state index contributed by atoms with van der Waals surface area (Å²) in [7, 11) is 3.01. The van der Waals surface area contributed by atoms with E-state index < -0.39 is 11.7 Å². The van der Waals surface area contributed by atoms with Crippen molar-refractivity contribution in [2.45, 2.75) is 44.9 Å². The topological polar surface area (TPSA) is 145 Å². The van der Waals surface area contributed by atoms with E-state index in [1.54, 1.807) is 73.3 Å². The molecule has 7 aliphatic rings. The molecule has 7 aliphatic heterocycles. The highest BCUT2D eigenvalue weighted by atomic mass is 16.5. The van der Waals surface area contributed by atoms with E-state index in [0.717, 1.165) is 5.56 Å². The number of likely N-dealkylation sites (tertiary alicyclic amines) is 1. The van der Waals surface area contributed by atoms with Gasteiger partial charge in [-0.25, -0.2) is 0 Å². The Labute approximate surface area is 273 Å². The van der Waals surface area contributed by atoms with Crippen LogP contribution >= 0.6 is 0 Å². The summed E-state index contributed by atoms with van der Waals surface area (Å²) in [6.07, 6.45) is -0.660. The number of aliphatic hydroxyl groups excluding tert-OH is 1. The minimum Gasteiger partial charge on any atom is -0.493 e. The summed E-state index contributed by atoms with van der Waals surface area (Å²) < 4.78 is 29.4. The molecule has 0 aromatic heterocycles. The lowest BCUT2D eigenvalue weighted by Gasteiger charge is -2.41. The third-order valence-corrected chi connectivity index (χ3v) is 8.30. The van der Waals surface area contributed by atoms with Crippen LogP contribution in [0.5, 0.6) is 34.5 Å². The van der Waals surface area contributed by atoms with Gasteiger partial charge < -0.3 is 44.3 Å². The lowest BCUT2D eigenvalue weighted by atomic mass is 9.89. The number of benzene rings is 3. The van der Waals surface area contributed by atoms with Gasteiger partial charge in [0.2, 0.25) is 0 Å². The highest BCUT2D eigenvalue weighted by Gasteiger charge is 2.45. The van der Waals surface area contributed by atoms with E-state index in [1.165, 1.54) is 14.2 Å². The molecule has 6 bridgehead atoms. The van der Waals surface area contributed by atoms with Crippen molar-refractivity contribution in [1.82, 2.24) is 15.5 Å². The lowest BCUT2D eigenvalue weighted by molar-refractivity contribution is -0.152. The Hall–Kier alpha value is -4.97. The Bertz CT molecular complexity index is 1580. The molecule has 1 saturated heterocycles. The van der Waals surface area contributed by atoms with E-state index in [1.807, 2.05) is 6.07 Å². The average Bonchev–Trinajstić information content (AvgIpc) is 3.09. The highest BCUT2D eigenvalue weighted by molar-refractivity contribution is 5.95. The Balaban J connectivity index is 1.43. The molecule has 10 rings (SSSR count). The Morgan fingerprint density at radius 1 is 0.894 bits per heavy atom. The van der Waals surface area contributed by atoms with E-state index in [0.29, 0.717) is 40.1 Å². The molecule has 250 valence electrons. The summed E-state index contributed by atoms with van der Waals surface area (Å²) in [5, 5.41) is 16.2. The number of nitrogens with one attached hydrogen (secondary N) is 2. The van der Waals surface area contributed by atoms with Crippen molar-refractivity contribution < 1.29 is 43.2 Å². The summed E-state index contributed by atoms with van der Waals surface area (Å²) in [5.41, 5.74) is -0.117. The van der Waals surface area contributed by atoms with Crippen LogP contribution in [0.1, 0.15) is 42.6 Å². The number of carbonyl (C=O) groups is 3. The van der Waals surface area contributed by atoms with Gasteiger partial charge >= 0.3 is 0 Å². The van der Waals surface area contributed by atoms with Crippen LogP contribution in [0, 0.1) is 5.92 Å². The number of nitrogens with zero attached hydrogens (tertiary/aromatic N) is 1. The van der Waals surface area contributed by atoms with Crippen LogP contribution < -0.4 is 34.3 Å². The Morgan fingerprint density at radius 3 is 2.19 bits per heavy atom. The van der Waals surface area contributed by atoms with Crippen molar-refractivity contribution in [1.29, 1.82) is 0 Å². The van der Waals surface area contributed by atoms with Crippen molar-refractivity contribution in [3.05, 3.63) is 71.8 Å². The second kappa shape index (κ2) is 14.6. The van der Waals surface area contributed by atoms with Gasteiger partial charge in [-0.1, -0.05) is 19.9 Å². The summed E-state index contributed by atoms with van der Waals surface area (Å²) in [6.45, 7) is 4.71. The molecule has 3 amide bonds. The molecule has 0 saturated carbocycles. The van der Waals surface area contributed by atoms with Gasteiger partial charge in [-0.3, -0.25) is 14.4 Å². The zero-order valence-corrected chi connectivity index (χ0v) is 27.0. The first-order chi connectivity index (χ1) is 22.6. The van der Waals surface area contributed by atoms with Crippen molar-refractivity contribution in [3.8, 4) is 34.5 Å². The number of carbonyl (C=O) groups excluding carboxylic acids is 3. The van der Waals surface area contributed by atoms with Gasteiger partial charge in [-0.05, 0) is 66.1 Å². The van der Waals surface area contributed by atoms with Gasteiger partial charge in [0, 0.05) is 38.0 Å². The van der Waals surface area contributed by atoms with Crippen molar-refractivity contribution in [3.63, 3.8) is 0 Å². The van der Waals surface area contributed by atoms with Gasteiger partial charge in [0.1, 0.15) is 24.2 Å². The molecule has 12 heteroatoms. The summed E-state index contributed by atoms with van der Waals surface area (Å²) in [4.78, 5) is 41.2. The fourth-order valence-corrected chi connectivity index (χ4v) is 5.46. The van der Waals surface area contributed by atoms with E-state index in [-0.39, 0.29) is 69.3 Å². The van der Waals surface area contributed by atoms with E-state index in [9.17, 15) is 19.5 Å². The van der Waals surface area contributed by atoms with E-state index in [4.69, 9.17) is 23.7 Å². The third kappa shape index (κ3) is 7.71. The average molecular weight is 648 g/mol. The zero-order valence-electron chi connectivity index (χ0n) is 27.0. The molecule has 1 spiro atoms. The molecule has 7 heterocycles. The molecule has 47 heavy (non-hydrogen) atoms. The van der Waals surface area contributed by atoms with Crippen LogP contribution in [0.2, 0.25) is 0 Å². The van der Waals surface area contributed by atoms with Crippen LogP contribution in [-0.2, 0) is 16.1 Å². The van der Waals surface area contributed by atoms with Gasteiger partial charge in [0.15, 0.2) is 28.6 Å².